The molecule has 0 aliphatic heterocycles. The van der Waals surface area contributed by atoms with Gasteiger partial charge in [0.2, 0.25) is 0 Å². The van der Waals surface area contributed by atoms with Gasteiger partial charge in [-0.05, 0) is 0 Å². The molecule has 0 saturated heterocycles. The van der Waals surface area contributed by atoms with Crippen LogP contribution in [0.15, 0.2) is 24.7 Å². The van der Waals surface area contributed by atoms with Crippen LogP contribution in [0, 0.1) is 0 Å². The molecule has 0 rings (SSSR count). The maximum atomic E-state index is 11.8. The van der Waals surface area contributed by atoms with Crippen LogP contribution in [-0.4, -0.2) is 23.9 Å². The van der Waals surface area contributed by atoms with Crippen molar-refractivity contribution in [2.75, 3.05) is 0 Å². The van der Waals surface area contributed by atoms with Gasteiger partial charge in [0.05, 0.1) is 0 Å². The second kappa shape index (κ2) is 4.60. The van der Waals surface area contributed by atoms with Crippen LogP contribution in [0.3, 0.4) is 0 Å². The number of Topliss-reactive ketones (excluding diaryl/α,β-unsaturated/α-hetero) is 2. The highest BCUT2D eigenvalue weighted by molar-refractivity contribution is 6.01. The van der Waals surface area contributed by atoms with Gasteiger partial charge >= 0.3 is 23.9 Å². The lowest BCUT2D eigenvalue weighted by atomic mass is 10.3. The summed E-state index contributed by atoms with van der Waals surface area (Å²) < 4.78 is 74.2. The van der Waals surface area contributed by atoms with E-state index in [4.69, 9.17) is 0 Å². The van der Waals surface area contributed by atoms with Gasteiger partial charge in [0.1, 0.15) is 0 Å². The molecule has 3 nitrogen and oxygen atoms in total. The van der Waals surface area contributed by atoms with Crippen LogP contribution in [0.2, 0.25) is 0 Å². The van der Waals surface area contributed by atoms with Crippen LogP contribution in [0.1, 0.15) is 0 Å². The predicted octanol–water partition coefficient (Wildman–Crippen LogP) is 2.29. The standard InChI is InChI=1S/C8H4F6O3/c1-3(5(15)7(9,10)11)17-4(2)6(16)8(12,13)14/h1-2H2. The van der Waals surface area contributed by atoms with Crippen molar-refractivity contribution in [3.8, 4) is 0 Å². The summed E-state index contributed by atoms with van der Waals surface area (Å²) in [5.41, 5.74) is 0. The summed E-state index contributed by atoms with van der Waals surface area (Å²) in [6.07, 6.45) is -10.7. The SMILES string of the molecule is C=C(OC(=C)C(=O)C(F)(F)F)C(=O)C(F)(F)F. The Morgan fingerprint density at radius 2 is 1.00 bits per heavy atom. The maximum absolute atomic E-state index is 11.8. The summed E-state index contributed by atoms with van der Waals surface area (Å²) in [6, 6.07) is 0. The Balaban J connectivity index is 4.69. The van der Waals surface area contributed by atoms with E-state index in [0.717, 1.165) is 0 Å². The van der Waals surface area contributed by atoms with Crippen molar-refractivity contribution in [3.05, 3.63) is 24.7 Å². The Hall–Kier alpha value is -1.80. The molecule has 96 valence electrons. The van der Waals surface area contributed by atoms with Gasteiger partial charge in [-0.25, -0.2) is 0 Å². The number of ketones is 2. The van der Waals surface area contributed by atoms with E-state index in [1.54, 1.807) is 0 Å². The average Bonchev–Trinajstić information content (AvgIpc) is 2.12. The van der Waals surface area contributed by atoms with Crippen molar-refractivity contribution >= 4 is 11.6 Å². The van der Waals surface area contributed by atoms with Crippen molar-refractivity contribution in [3.63, 3.8) is 0 Å². The average molecular weight is 262 g/mol. The fraction of sp³-hybridized carbons (Fsp3) is 0.250. The zero-order valence-electron chi connectivity index (χ0n) is 7.91. The summed E-state index contributed by atoms with van der Waals surface area (Å²) in [6.45, 7) is 4.91. The number of allylic oxidation sites excluding steroid dienone is 2. The lowest BCUT2D eigenvalue weighted by molar-refractivity contribution is -0.173. The summed E-state index contributed by atoms with van der Waals surface area (Å²) in [5, 5.41) is 0. The minimum atomic E-state index is -5.36. The predicted molar refractivity (Wildman–Crippen MR) is 41.5 cm³/mol. The number of ether oxygens (including phenoxy) is 1. The first kappa shape index (κ1) is 15.2. The van der Waals surface area contributed by atoms with Crippen molar-refractivity contribution < 1.29 is 40.7 Å². The molecule has 0 bridgehead atoms. The molecule has 0 unspecified atom stereocenters. The van der Waals surface area contributed by atoms with E-state index in [1.165, 1.54) is 0 Å². The first-order valence-electron chi connectivity index (χ1n) is 3.66. The topological polar surface area (TPSA) is 43.4 Å². The minimum Gasteiger partial charge on any atom is -0.450 e. The molecule has 9 heteroatoms. The van der Waals surface area contributed by atoms with E-state index < -0.39 is 35.4 Å². The number of carbonyl (C=O) groups is 2. The highest BCUT2D eigenvalue weighted by atomic mass is 19.4. The monoisotopic (exact) mass is 262 g/mol. The zero-order valence-corrected chi connectivity index (χ0v) is 7.91. The Morgan fingerprint density at radius 3 is 1.18 bits per heavy atom. The Labute approximate surface area is 90.3 Å². The molecule has 0 aromatic rings. The largest absolute Gasteiger partial charge is 0.458 e. The molecule has 0 radical (unpaired) electrons. The third kappa shape index (κ3) is 4.29. The van der Waals surface area contributed by atoms with Gasteiger partial charge in [-0.15, -0.1) is 0 Å². The molecular weight excluding hydrogens is 258 g/mol. The highest BCUT2D eigenvalue weighted by Gasteiger charge is 2.44. The molecule has 0 aromatic heterocycles. The summed E-state index contributed by atoms with van der Waals surface area (Å²) >= 11 is 0. The Kier molecular flexibility index (Phi) is 4.11. The molecule has 0 amide bonds. The van der Waals surface area contributed by atoms with Gasteiger partial charge in [0.15, 0.2) is 11.5 Å². The molecule has 0 aromatic carbocycles. The molecule has 0 aliphatic carbocycles. The minimum absolute atomic E-state index is 1.67. The number of halogens is 6. The molecule has 0 aliphatic rings. The van der Waals surface area contributed by atoms with Crippen LogP contribution in [-0.2, 0) is 14.3 Å². The summed E-state index contributed by atoms with van der Waals surface area (Å²) in [7, 11) is 0. The van der Waals surface area contributed by atoms with E-state index in [-0.39, 0.29) is 0 Å². The summed E-state index contributed by atoms with van der Waals surface area (Å²) in [5.74, 6) is -8.54. The zero-order chi connectivity index (χ0) is 14.0. The van der Waals surface area contributed by atoms with E-state index >= 15 is 0 Å². The van der Waals surface area contributed by atoms with Gasteiger partial charge in [-0.1, -0.05) is 13.2 Å². The van der Waals surface area contributed by atoms with Crippen LogP contribution in [0.4, 0.5) is 26.3 Å². The molecular formula is C8H4F6O3. The van der Waals surface area contributed by atoms with Crippen molar-refractivity contribution in [2.24, 2.45) is 0 Å². The van der Waals surface area contributed by atoms with Crippen LogP contribution in [0.25, 0.3) is 0 Å². The molecule has 0 N–H and O–H groups in total. The lowest BCUT2D eigenvalue weighted by Crippen LogP contribution is -2.29. The van der Waals surface area contributed by atoms with Crippen molar-refractivity contribution in [1.29, 1.82) is 0 Å². The first-order chi connectivity index (χ1) is 7.37. The Morgan fingerprint density at radius 1 is 0.765 bits per heavy atom. The number of hydrogen-bond donors (Lipinski definition) is 0. The van der Waals surface area contributed by atoms with Crippen molar-refractivity contribution in [1.82, 2.24) is 0 Å². The van der Waals surface area contributed by atoms with Gasteiger partial charge in [-0.3, -0.25) is 9.59 Å². The number of carbonyl (C=O) groups excluding carboxylic acids is 2. The van der Waals surface area contributed by atoms with Crippen LogP contribution in [0.5, 0.6) is 0 Å². The number of rotatable bonds is 4. The maximum Gasteiger partial charge on any atom is 0.458 e. The van der Waals surface area contributed by atoms with Crippen LogP contribution >= 0.6 is 0 Å². The van der Waals surface area contributed by atoms with E-state index in [0.29, 0.717) is 0 Å². The lowest BCUT2D eigenvalue weighted by Gasteiger charge is -2.11. The molecule has 0 fully saturated rings. The third-order valence-corrected chi connectivity index (χ3v) is 1.27. The van der Waals surface area contributed by atoms with Gasteiger partial charge in [0, 0.05) is 0 Å². The molecule has 0 saturated carbocycles. The molecule has 0 spiro atoms. The van der Waals surface area contributed by atoms with Gasteiger partial charge in [0.25, 0.3) is 0 Å². The molecule has 0 atom stereocenters. The van der Waals surface area contributed by atoms with Crippen molar-refractivity contribution in [2.45, 2.75) is 12.4 Å². The molecule has 0 heterocycles. The molecule has 17 heavy (non-hydrogen) atoms. The van der Waals surface area contributed by atoms with E-state index in [2.05, 4.69) is 17.9 Å². The fourth-order valence-corrected chi connectivity index (χ4v) is 0.558. The second-order valence-electron chi connectivity index (χ2n) is 2.60. The van der Waals surface area contributed by atoms with Crippen LogP contribution < -0.4 is 0 Å². The number of alkyl halides is 6. The fourth-order valence-electron chi connectivity index (χ4n) is 0.558. The first-order valence-corrected chi connectivity index (χ1v) is 3.66. The smallest absolute Gasteiger partial charge is 0.450 e. The van der Waals surface area contributed by atoms with E-state index in [9.17, 15) is 35.9 Å². The second-order valence-corrected chi connectivity index (χ2v) is 2.60. The quantitative estimate of drug-likeness (QED) is 0.443. The van der Waals surface area contributed by atoms with Gasteiger partial charge < -0.3 is 4.74 Å². The normalized spacial score (nSPS) is 11.9. The Bertz CT molecular complexity index is 340. The van der Waals surface area contributed by atoms with Gasteiger partial charge in [-0.2, -0.15) is 26.3 Å². The summed E-state index contributed by atoms with van der Waals surface area (Å²) in [4.78, 5) is 20.8. The third-order valence-electron chi connectivity index (χ3n) is 1.27. The number of hydrogen-bond acceptors (Lipinski definition) is 3. The van der Waals surface area contributed by atoms with E-state index in [1.807, 2.05) is 0 Å². The highest BCUT2D eigenvalue weighted by Crippen LogP contribution is 2.25.